The summed E-state index contributed by atoms with van der Waals surface area (Å²) in [6.07, 6.45) is 7.16. The van der Waals surface area contributed by atoms with Crippen LogP contribution in [0.5, 0.6) is 5.75 Å². The molecule has 1 atom stereocenters. The highest BCUT2D eigenvalue weighted by molar-refractivity contribution is 5.81. The molecule has 0 amide bonds. The zero-order chi connectivity index (χ0) is 17.6. The second-order valence-corrected chi connectivity index (χ2v) is 6.21. The fourth-order valence-electron chi connectivity index (χ4n) is 2.68. The molecule has 0 radical (unpaired) electrons. The van der Waals surface area contributed by atoms with Gasteiger partial charge in [0.1, 0.15) is 5.75 Å². The van der Waals surface area contributed by atoms with Crippen LogP contribution >= 0.6 is 0 Å². The fraction of sp³-hybridized carbons (Fsp3) is 0.227. The van der Waals surface area contributed by atoms with Gasteiger partial charge in [0, 0.05) is 29.9 Å². The van der Waals surface area contributed by atoms with Crippen LogP contribution in [0.2, 0.25) is 0 Å². The van der Waals surface area contributed by atoms with Crippen LogP contribution in [0.3, 0.4) is 0 Å². The van der Waals surface area contributed by atoms with E-state index in [1.54, 1.807) is 7.11 Å². The average molecular weight is 332 g/mol. The molecule has 3 nitrogen and oxygen atoms in total. The van der Waals surface area contributed by atoms with Crippen LogP contribution in [-0.4, -0.2) is 17.9 Å². The highest BCUT2D eigenvalue weighted by Crippen LogP contribution is 2.22. The zero-order valence-electron chi connectivity index (χ0n) is 15.0. The van der Waals surface area contributed by atoms with Gasteiger partial charge in [0.25, 0.3) is 0 Å². The maximum absolute atomic E-state index is 5.20. The quantitative estimate of drug-likeness (QED) is 0.528. The lowest BCUT2D eigenvalue weighted by Gasteiger charge is -2.08. The van der Waals surface area contributed by atoms with E-state index in [1.165, 1.54) is 5.56 Å². The predicted molar refractivity (Wildman–Crippen MR) is 105 cm³/mol. The molecule has 3 aromatic rings. The molecule has 0 aliphatic rings. The highest BCUT2D eigenvalue weighted by atomic mass is 16.5. The summed E-state index contributed by atoms with van der Waals surface area (Å²) in [5, 5.41) is 0. The number of aliphatic imine (C=N–C) groups is 1. The number of ether oxygens (including phenoxy) is 1. The Labute approximate surface area is 149 Å². The standard InChI is InChI=1S/C22H24N2O/c1-4-17(2)19-5-7-20(8-6-19)23-15-18-13-14-24(16-18)21-9-11-22(25-3)12-10-21/h5-17H,4H2,1-3H3. The van der Waals surface area contributed by atoms with E-state index in [-0.39, 0.29) is 0 Å². The number of hydrogen-bond donors (Lipinski definition) is 0. The number of benzene rings is 2. The normalized spacial score (nSPS) is 12.4. The van der Waals surface area contributed by atoms with Crippen LogP contribution < -0.4 is 4.74 Å². The number of aromatic nitrogens is 1. The van der Waals surface area contributed by atoms with Crippen LogP contribution in [0.1, 0.15) is 37.3 Å². The van der Waals surface area contributed by atoms with Crippen LogP contribution in [0.4, 0.5) is 5.69 Å². The average Bonchev–Trinajstić information content (AvgIpc) is 3.15. The Hall–Kier alpha value is -2.81. The van der Waals surface area contributed by atoms with Gasteiger partial charge in [-0.2, -0.15) is 0 Å². The lowest BCUT2D eigenvalue weighted by molar-refractivity contribution is 0.415. The van der Waals surface area contributed by atoms with E-state index in [2.05, 4.69) is 59.9 Å². The van der Waals surface area contributed by atoms with Crippen molar-refractivity contribution in [2.75, 3.05) is 7.11 Å². The monoisotopic (exact) mass is 332 g/mol. The Morgan fingerprint density at radius 2 is 1.76 bits per heavy atom. The molecular formula is C22H24N2O. The summed E-state index contributed by atoms with van der Waals surface area (Å²) >= 11 is 0. The van der Waals surface area contributed by atoms with Crippen molar-refractivity contribution in [3.05, 3.63) is 78.1 Å². The lowest BCUT2D eigenvalue weighted by Crippen LogP contribution is -1.90. The largest absolute Gasteiger partial charge is 0.497 e. The summed E-state index contributed by atoms with van der Waals surface area (Å²) in [6.45, 7) is 4.46. The van der Waals surface area contributed by atoms with Gasteiger partial charge in [0.2, 0.25) is 0 Å². The van der Waals surface area contributed by atoms with Crippen molar-refractivity contribution in [1.29, 1.82) is 0 Å². The SMILES string of the molecule is CCC(C)c1ccc(N=Cc2ccn(-c3ccc(OC)cc3)c2)cc1. The number of hydrogen-bond acceptors (Lipinski definition) is 2. The van der Waals surface area contributed by atoms with Crippen molar-refractivity contribution in [2.45, 2.75) is 26.2 Å². The van der Waals surface area contributed by atoms with Gasteiger partial charge in [-0.15, -0.1) is 0 Å². The third-order valence-electron chi connectivity index (χ3n) is 4.52. The molecular weight excluding hydrogens is 308 g/mol. The van der Waals surface area contributed by atoms with Crippen LogP contribution in [0.15, 0.2) is 72.0 Å². The van der Waals surface area contributed by atoms with E-state index in [0.717, 1.165) is 29.1 Å². The summed E-state index contributed by atoms with van der Waals surface area (Å²) in [6, 6.07) is 18.6. The first kappa shape index (κ1) is 17.0. The first-order chi connectivity index (χ1) is 12.2. The van der Waals surface area contributed by atoms with Gasteiger partial charge in [-0.25, -0.2) is 0 Å². The minimum atomic E-state index is 0.594. The molecule has 0 bridgehead atoms. The summed E-state index contributed by atoms with van der Waals surface area (Å²) in [4.78, 5) is 4.58. The van der Waals surface area contributed by atoms with Crippen molar-refractivity contribution >= 4 is 11.9 Å². The zero-order valence-corrected chi connectivity index (χ0v) is 15.0. The molecule has 0 fully saturated rings. The van der Waals surface area contributed by atoms with Crippen molar-refractivity contribution < 1.29 is 4.74 Å². The fourth-order valence-corrected chi connectivity index (χ4v) is 2.68. The smallest absolute Gasteiger partial charge is 0.119 e. The molecule has 0 saturated carbocycles. The number of methoxy groups -OCH3 is 1. The van der Waals surface area contributed by atoms with Gasteiger partial charge >= 0.3 is 0 Å². The molecule has 3 heteroatoms. The van der Waals surface area contributed by atoms with Gasteiger partial charge in [-0.05, 0) is 60.4 Å². The molecule has 1 unspecified atom stereocenters. The summed E-state index contributed by atoms with van der Waals surface area (Å²) < 4.78 is 7.27. The minimum absolute atomic E-state index is 0.594. The molecule has 0 saturated heterocycles. The molecule has 0 aliphatic heterocycles. The van der Waals surface area contributed by atoms with E-state index in [4.69, 9.17) is 4.74 Å². The van der Waals surface area contributed by atoms with Gasteiger partial charge in [-0.3, -0.25) is 4.99 Å². The van der Waals surface area contributed by atoms with Crippen molar-refractivity contribution in [2.24, 2.45) is 4.99 Å². The van der Waals surface area contributed by atoms with E-state index in [1.807, 2.05) is 36.7 Å². The van der Waals surface area contributed by atoms with Crippen molar-refractivity contribution in [1.82, 2.24) is 4.57 Å². The molecule has 0 aliphatic carbocycles. The number of nitrogens with zero attached hydrogens (tertiary/aromatic N) is 2. The van der Waals surface area contributed by atoms with Crippen molar-refractivity contribution in [3.8, 4) is 11.4 Å². The lowest BCUT2D eigenvalue weighted by atomic mass is 9.99. The van der Waals surface area contributed by atoms with Gasteiger partial charge in [0.05, 0.1) is 12.8 Å². The molecule has 1 aromatic heterocycles. The molecule has 25 heavy (non-hydrogen) atoms. The third kappa shape index (κ3) is 4.18. The topological polar surface area (TPSA) is 26.5 Å². The van der Waals surface area contributed by atoms with Crippen LogP contribution in [-0.2, 0) is 0 Å². The minimum Gasteiger partial charge on any atom is -0.497 e. The van der Waals surface area contributed by atoms with Crippen LogP contribution in [0.25, 0.3) is 5.69 Å². The maximum Gasteiger partial charge on any atom is 0.119 e. The Morgan fingerprint density at radius 1 is 1.04 bits per heavy atom. The van der Waals surface area contributed by atoms with E-state index < -0.39 is 0 Å². The molecule has 2 aromatic carbocycles. The van der Waals surface area contributed by atoms with E-state index in [0.29, 0.717) is 5.92 Å². The van der Waals surface area contributed by atoms with E-state index in [9.17, 15) is 0 Å². The molecule has 0 spiro atoms. The van der Waals surface area contributed by atoms with Gasteiger partial charge < -0.3 is 9.30 Å². The second-order valence-electron chi connectivity index (χ2n) is 6.21. The first-order valence-electron chi connectivity index (χ1n) is 8.66. The Bertz CT molecular complexity index is 829. The first-order valence-corrected chi connectivity index (χ1v) is 8.66. The predicted octanol–water partition coefficient (Wildman–Crippen LogP) is 5.75. The third-order valence-corrected chi connectivity index (χ3v) is 4.52. The molecule has 0 N–H and O–H groups in total. The Morgan fingerprint density at radius 3 is 2.40 bits per heavy atom. The Kier molecular flexibility index (Phi) is 5.34. The highest BCUT2D eigenvalue weighted by Gasteiger charge is 2.02. The second kappa shape index (κ2) is 7.84. The molecule has 3 rings (SSSR count). The van der Waals surface area contributed by atoms with E-state index >= 15 is 0 Å². The molecule has 1 heterocycles. The van der Waals surface area contributed by atoms with Gasteiger partial charge in [0.15, 0.2) is 0 Å². The molecule has 128 valence electrons. The van der Waals surface area contributed by atoms with Crippen molar-refractivity contribution in [3.63, 3.8) is 0 Å². The summed E-state index contributed by atoms with van der Waals surface area (Å²) in [5.74, 6) is 1.45. The Balaban J connectivity index is 1.71. The summed E-state index contributed by atoms with van der Waals surface area (Å²) in [7, 11) is 1.68. The number of rotatable bonds is 6. The summed E-state index contributed by atoms with van der Waals surface area (Å²) in [5.41, 5.74) is 4.51. The maximum atomic E-state index is 5.20. The van der Waals surface area contributed by atoms with Crippen LogP contribution in [0, 0.1) is 0 Å². The van der Waals surface area contributed by atoms with Gasteiger partial charge in [-0.1, -0.05) is 26.0 Å².